The average Bonchev–Trinajstić information content (AvgIpc) is 2.64. The molecule has 0 aromatic carbocycles. The average molecular weight is 241 g/mol. The molecule has 0 aliphatic carbocycles. The van der Waals surface area contributed by atoms with Gasteiger partial charge in [-0.1, -0.05) is 0 Å². The van der Waals surface area contributed by atoms with Gasteiger partial charge in [0.05, 0.1) is 25.0 Å². The Kier molecular flexibility index (Phi) is 4.22. The maximum absolute atomic E-state index is 11.8. The van der Waals surface area contributed by atoms with Crippen molar-refractivity contribution in [3.63, 3.8) is 0 Å². The highest BCUT2D eigenvalue weighted by atomic mass is 16.5. The third-order valence-corrected chi connectivity index (χ3v) is 2.33. The first-order valence-electron chi connectivity index (χ1n) is 5.02. The number of rotatable bonds is 4. The van der Waals surface area contributed by atoms with Crippen LogP contribution in [0.4, 0.5) is 0 Å². The largest absolute Gasteiger partial charge is 0.467 e. The lowest BCUT2D eigenvalue weighted by Crippen LogP contribution is -2.44. The smallest absolute Gasteiger partial charge is 0.330 e. The van der Waals surface area contributed by atoms with Gasteiger partial charge in [0, 0.05) is 5.69 Å². The first-order valence-corrected chi connectivity index (χ1v) is 5.02. The van der Waals surface area contributed by atoms with Gasteiger partial charge in [-0.05, 0) is 13.8 Å². The first kappa shape index (κ1) is 13.2. The minimum absolute atomic E-state index is 0.368. The van der Waals surface area contributed by atoms with Crippen LogP contribution in [0.15, 0.2) is 0 Å². The second-order valence-electron chi connectivity index (χ2n) is 3.54. The summed E-state index contributed by atoms with van der Waals surface area (Å²) in [5.74, 6) is -1.17. The number of aromatic nitrogens is 2. The van der Waals surface area contributed by atoms with Crippen molar-refractivity contribution in [3.8, 4) is 0 Å². The number of nitrogens with zero attached hydrogens (tertiary/aromatic N) is 1. The Morgan fingerprint density at radius 2 is 2.18 bits per heavy atom. The molecule has 1 aromatic heterocycles. The van der Waals surface area contributed by atoms with Crippen LogP contribution in [0.2, 0.25) is 0 Å². The summed E-state index contributed by atoms with van der Waals surface area (Å²) in [7, 11) is 1.19. The molecular formula is C10H15N3O4. The SMILES string of the molecule is COC(=O)C(CO)NC(=O)c1c(C)n[nH]c1C. The lowest BCUT2D eigenvalue weighted by Gasteiger charge is -2.13. The molecule has 0 bridgehead atoms. The molecule has 1 rings (SSSR count). The molecule has 17 heavy (non-hydrogen) atoms. The van der Waals surface area contributed by atoms with Crippen molar-refractivity contribution in [3.05, 3.63) is 17.0 Å². The van der Waals surface area contributed by atoms with Crippen molar-refractivity contribution in [2.75, 3.05) is 13.7 Å². The molecule has 0 radical (unpaired) electrons. The molecule has 1 atom stereocenters. The van der Waals surface area contributed by atoms with E-state index in [0.29, 0.717) is 17.0 Å². The van der Waals surface area contributed by atoms with Crippen LogP contribution < -0.4 is 5.32 Å². The summed E-state index contributed by atoms with van der Waals surface area (Å²) in [6.45, 7) is 2.85. The number of aryl methyl sites for hydroxylation is 2. The molecule has 0 saturated carbocycles. The van der Waals surface area contributed by atoms with E-state index in [1.807, 2.05) is 0 Å². The number of methoxy groups -OCH3 is 1. The fourth-order valence-corrected chi connectivity index (χ4v) is 1.44. The van der Waals surface area contributed by atoms with E-state index in [-0.39, 0.29) is 0 Å². The van der Waals surface area contributed by atoms with Gasteiger partial charge >= 0.3 is 5.97 Å². The molecule has 0 aliphatic heterocycles. The summed E-state index contributed by atoms with van der Waals surface area (Å²) in [6, 6.07) is -1.07. The van der Waals surface area contributed by atoms with Crippen LogP contribution in [0, 0.1) is 13.8 Å². The lowest BCUT2D eigenvalue weighted by atomic mass is 10.1. The Balaban J connectivity index is 2.82. The number of aromatic amines is 1. The first-order chi connectivity index (χ1) is 8.01. The van der Waals surface area contributed by atoms with Crippen LogP contribution in [-0.2, 0) is 9.53 Å². The summed E-state index contributed by atoms with van der Waals surface area (Å²) < 4.78 is 4.44. The van der Waals surface area contributed by atoms with Crippen molar-refractivity contribution >= 4 is 11.9 Å². The molecular weight excluding hydrogens is 226 g/mol. The lowest BCUT2D eigenvalue weighted by molar-refractivity contribution is -0.143. The van der Waals surface area contributed by atoms with E-state index < -0.39 is 24.5 Å². The maximum Gasteiger partial charge on any atom is 0.330 e. The summed E-state index contributed by atoms with van der Waals surface area (Å²) in [5.41, 5.74) is 1.50. The van der Waals surface area contributed by atoms with Gasteiger partial charge in [0.25, 0.3) is 5.91 Å². The Labute approximate surface area is 98.2 Å². The summed E-state index contributed by atoms with van der Waals surface area (Å²) in [4.78, 5) is 23.0. The van der Waals surface area contributed by atoms with E-state index in [1.54, 1.807) is 13.8 Å². The third kappa shape index (κ3) is 2.82. The van der Waals surface area contributed by atoms with Crippen LogP contribution in [0.1, 0.15) is 21.7 Å². The predicted molar refractivity (Wildman–Crippen MR) is 58.4 cm³/mol. The Morgan fingerprint density at radius 3 is 2.59 bits per heavy atom. The van der Waals surface area contributed by atoms with E-state index in [2.05, 4.69) is 20.3 Å². The molecule has 7 heteroatoms. The van der Waals surface area contributed by atoms with E-state index >= 15 is 0 Å². The number of nitrogens with one attached hydrogen (secondary N) is 2. The number of esters is 1. The molecule has 0 spiro atoms. The van der Waals surface area contributed by atoms with Gasteiger partial charge in [0.1, 0.15) is 0 Å². The molecule has 7 nitrogen and oxygen atoms in total. The topological polar surface area (TPSA) is 104 Å². The number of carbonyl (C=O) groups is 2. The van der Waals surface area contributed by atoms with E-state index in [0.717, 1.165) is 0 Å². The van der Waals surface area contributed by atoms with Gasteiger partial charge in [0.2, 0.25) is 0 Å². The molecule has 0 saturated heterocycles. The van der Waals surface area contributed by atoms with Gasteiger partial charge in [-0.25, -0.2) is 4.79 Å². The molecule has 0 aliphatic rings. The molecule has 94 valence electrons. The van der Waals surface area contributed by atoms with Crippen LogP contribution in [0.25, 0.3) is 0 Å². The van der Waals surface area contributed by atoms with Gasteiger partial charge in [-0.2, -0.15) is 5.10 Å². The van der Waals surface area contributed by atoms with Gasteiger partial charge in [-0.3, -0.25) is 9.89 Å². The quantitative estimate of drug-likeness (QED) is 0.604. The molecule has 0 fully saturated rings. The van der Waals surface area contributed by atoms with Crippen LogP contribution >= 0.6 is 0 Å². The second-order valence-corrected chi connectivity index (χ2v) is 3.54. The highest BCUT2D eigenvalue weighted by molar-refractivity contribution is 5.98. The minimum atomic E-state index is -1.07. The van der Waals surface area contributed by atoms with Crippen LogP contribution in [0.3, 0.4) is 0 Å². The van der Waals surface area contributed by atoms with E-state index in [4.69, 9.17) is 5.11 Å². The van der Waals surface area contributed by atoms with Crippen molar-refractivity contribution in [2.24, 2.45) is 0 Å². The zero-order valence-corrected chi connectivity index (χ0v) is 9.90. The molecule has 1 heterocycles. The van der Waals surface area contributed by atoms with Crippen molar-refractivity contribution in [1.82, 2.24) is 15.5 Å². The minimum Gasteiger partial charge on any atom is -0.467 e. The Morgan fingerprint density at radius 1 is 1.53 bits per heavy atom. The third-order valence-electron chi connectivity index (χ3n) is 2.33. The normalized spacial score (nSPS) is 12.0. The second kappa shape index (κ2) is 5.44. The van der Waals surface area contributed by atoms with Crippen LogP contribution in [0.5, 0.6) is 0 Å². The molecule has 1 aromatic rings. The van der Waals surface area contributed by atoms with E-state index in [1.165, 1.54) is 7.11 Å². The Hall–Kier alpha value is -1.89. The number of hydrogen-bond donors (Lipinski definition) is 3. The number of hydrogen-bond acceptors (Lipinski definition) is 5. The fourth-order valence-electron chi connectivity index (χ4n) is 1.44. The van der Waals surface area contributed by atoms with Gasteiger partial charge in [0.15, 0.2) is 6.04 Å². The number of aliphatic hydroxyl groups is 1. The number of amides is 1. The fraction of sp³-hybridized carbons (Fsp3) is 0.500. The zero-order valence-electron chi connectivity index (χ0n) is 9.90. The molecule has 3 N–H and O–H groups in total. The highest BCUT2D eigenvalue weighted by Crippen LogP contribution is 2.09. The number of ether oxygens (including phenoxy) is 1. The van der Waals surface area contributed by atoms with Crippen molar-refractivity contribution < 1.29 is 19.4 Å². The monoisotopic (exact) mass is 241 g/mol. The molecule has 1 unspecified atom stereocenters. The number of H-pyrrole nitrogens is 1. The summed E-state index contributed by atoms with van der Waals surface area (Å²) >= 11 is 0. The predicted octanol–water partition coefficient (Wildman–Crippen LogP) is -0.710. The zero-order chi connectivity index (χ0) is 13.0. The van der Waals surface area contributed by atoms with Gasteiger partial charge in [-0.15, -0.1) is 0 Å². The summed E-state index contributed by atoms with van der Waals surface area (Å²) in [6.07, 6.45) is 0. The number of carbonyl (C=O) groups excluding carboxylic acids is 2. The standard InChI is InChI=1S/C10H15N3O4/c1-5-8(6(2)13-12-5)9(15)11-7(4-14)10(16)17-3/h7,14H,4H2,1-3H3,(H,11,15)(H,12,13). The maximum atomic E-state index is 11.8. The van der Waals surface area contributed by atoms with Crippen molar-refractivity contribution in [2.45, 2.75) is 19.9 Å². The van der Waals surface area contributed by atoms with Crippen molar-refractivity contribution in [1.29, 1.82) is 0 Å². The number of aliphatic hydroxyl groups excluding tert-OH is 1. The van der Waals surface area contributed by atoms with Crippen LogP contribution in [-0.4, -0.2) is 46.9 Å². The van der Waals surface area contributed by atoms with Gasteiger partial charge < -0.3 is 15.2 Å². The highest BCUT2D eigenvalue weighted by Gasteiger charge is 2.23. The van der Waals surface area contributed by atoms with E-state index in [9.17, 15) is 9.59 Å². The summed E-state index contributed by atoms with van der Waals surface area (Å²) in [5, 5.41) is 17.9. The molecule has 1 amide bonds. The Bertz CT molecular complexity index is 408.